The third kappa shape index (κ3) is 2.78. The molecule has 1 amide bonds. The number of aromatic nitrogens is 2. The molecule has 7 heteroatoms. The van der Waals surface area contributed by atoms with Gasteiger partial charge in [-0.15, -0.1) is 0 Å². The summed E-state index contributed by atoms with van der Waals surface area (Å²) in [7, 11) is 1.81. The van der Waals surface area contributed by atoms with Crippen LogP contribution in [0.3, 0.4) is 0 Å². The first-order valence-electron chi connectivity index (χ1n) is 5.58. The van der Waals surface area contributed by atoms with Crippen molar-refractivity contribution < 1.29 is 4.79 Å². The number of primary amides is 1. The second-order valence-electron chi connectivity index (χ2n) is 4.24. The number of likely N-dealkylation sites (N-methyl/N-ethyl adjacent to an activating group) is 1. The van der Waals surface area contributed by atoms with Gasteiger partial charge in [0.15, 0.2) is 4.34 Å². The predicted molar refractivity (Wildman–Crippen MR) is 69.0 cm³/mol. The van der Waals surface area contributed by atoms with Gasteiger partial charge in [-0.3, -0.25) is 4.79 Å². The molecule has 3 N–H and O–H groups in total. The zero-order valence-electron chi connectivity index (χ0n) is 9.68. The molecule has 1 aliphatic carbocycles. The fraction of sp³-hybridized carbons (Fsp3) is 0.700. The highest BCUT2D eigenvalue weighted by Gasteiger charge is 2.40. The van der Waals surface area contributed by atoms with E-state index in [1.807, 2.05) is 7.05 Å². The average Bonchev–Trinajstić information content (AvgIpc) is 2.82. The topological polar surface area (TPSA) is 80.9 Å². The summed E-state index contributed by atoms with van der Waals surface area (Å²) in [6.45, 7) is 0. The number of carbonyl (C=O) groups is 1. The SMILES string of the molecule is CNC1(C(N)=O)CCCC(Sc2ncns2)C1. The van der Waals surface area contributed by atoms with Crippen LogP contribution in [-0.4, -0.2) is 33.1 Å². The van der Waals surface area contributed by atoms with Crippen molar-refractivity contribution in [3.63, 3.8) is 0 Å². The highest BCUT2D eigenvalue weighted by atomic mass is 32.2. The van der Waals surface area contributed by atoms with Gasteiger partial charge >= 0.3 is 0 Å². The quantitative estimate of drug-likeness (QED) is 0.855. The van der Waals surface area contributed by atoms with Gasteiger partial charge in [0.25, 0.3) is 0 Å². The summed E-state index contributed by atoms with van der Waals surface area (Å²) in [5, 5.41) is 3.49. The zero-order chi connectivity index (χ0) is 12.3. The third-order valence-corrected chi connectivity index (χ3v) is 5.28. The van der Waals surface area contributed by atoms with Crippen LogP contribution in [0.2, 0.25) is 0 Å². The summed E-state index contributed by atoms with van der Waals surface area (Å²) in [5.74, 6) is -0.248. The summed E-state index contributed by atoms with van der Waals surface area (Å²) >= 11 is 3.10. The summed E-state index contributed by atoms with van der Waals surface area (Å²) in [4.78, 5) is 15.7. The normalized spacial score (nSPS) is 29.1. The van der Waals surface area contributed by atoms with Crippen LogP contribution in [-0.2, 0) is 4.79 Å². The highest BCUT2D eigenvalue weighted by molar-refractivity contribution is 8.01. The Bertz CT molecular complexity index is 384. The molecular weight excluding hydrogens is 256 g/mol. The summed E-state index contributed by atoms with van der Waals surface area (Å²) in [6.07, 6.45) is 5.27. The molecule has 0 aromatic carbocycles. The highest BCUT2D eigenvalue weighted by Crippen LogP contribution is 2.38. The summed E-state index contributed by atoms with van der Waals surface area (Å²) < 4.78 is 4.95. The van der Waals surface area contributed by atoms with Crippen LogP contribution in [0.1, 0.15) is 25.7 Å². The maximum Gasteiger partial charge on any atom is 0.237 e. The lowest BCUT2D eigenvalue weighted by Gasteiger charge is -2.37. The number of rotatable bonds is 4. The molecule has 1 heterocycles. The summed E-state index contributed by atoms with van der Waals surface area (Å²) in [5.41, 5.74) is 4.97. The van der Waals surface area contributed by atoms with Gasteiger partial charge in [-0.1, -0.05) is 11.8 Å². The largest absolute Gasteiger partial charge is 0.368 e. The Balaban J connectivity index is 2.03. The molecule has 2 unspecified atom stereocenters. The molecule has 1 fully saturated rings. The molecule has 1 aromatic heterocycles. The average molecular weight is 272 g/mol. The van der Waals surface area contributed by atoms with E-state index in [4.69, 9.17) is 5.73 Å². The third-order valence-electron chi connectivity index (χ3n) is 3.26. The number of carbonyl (C=O) groups excluding carboxylic acids is 1. The standard InChI is InChI=1S/C10H16N4OS2/c1-12-10(8(11)15)4-2-3-7(5-10)16-9-13-6-14-17-9/h6-7,12H,2-5H2,1H3,(H2,11,15). The maximum absolute atomic E-state index is 11.6. The van der Waals surface area contributed by atoms with Gasteiger partial charge in [0.2, 0.25) is 5.91 Å². The van der Waals surface area contributed by atoms with E-state index in [1.165, 1.54) is 11.5 Å². The van der Waals surface area contributed by atoms with Gasteiger partial charge in [0.05, 0.1) is 5.54 Å². The number of thioether (sulfide) groups is 1. The van der Waals surface area contributed by atoms with Crippen molar-refractivity contribution in [3.05, 3.63) is 6.33 Å². The molecule has 5 nitrogen and oxygen atoms in total. The lowest BCUT2D eigenvalue weighted by atomic mass is 9.81. The molecule has 1 saturated carbocycles. The van der Waals surface area contributed by atoms with Crippen LogP contribution in [0.25, 0.3) is 0 Å². The van der Waals surface area contributed by atoms with E-state index >= 15 is 0 Å². The van der Waals surface area contributed by atoms with Gasteiger partial charge in [0.1, 0.15) is 6.33 Å². The van der Waals surface area contributed by atoms with Gasteiger partial charge in [0, 0.05) is 5.25 Å². The minimum atomic E-state index is -0.541. The van der Waals surface area contributed by atoms with Crippen LogP contribution in [0.15, 0.2) is 10.7 Å². The van der Waals surface area contributed by atoms with Crippen LogP contribution in [0.4, 0.5) is 0 Å². The van der Waals surface area contributed by atoms with Crippen molar-refractivity contribution in [2.75, 3.05) is 7.05 Å². The van der Waals surface area contributed by atoms with Crippen molar-refractivity contribution in [1.82, 2.24) is 14.7 Å². The van der Waals surface area contributed by atoms with Crippen LogP contribution >= 0.6 is 23.3 Å². The molecule has 1 aliphatic rings. The lowest BCUT2D eigenvalue weighted by Crippen LogP contribution is -2.57. The van der Waals surface area contributed by atoms with Gasteiger partial charge in [-0.25, -0.2) is 4.98 Å². The first-order chi connectivity index (χ1) is 8.16. The predicted octanol–water partition coefficient (Wildman–Crippen LogP) is 1.02. The number of nitrogens with one attached hydrogen (secondary N) is 1. The van der Waals surface area contributed by atoms with E-state index in [1.54, 1.807) is 18.1 Å². The van der Waals surface area contributed by atoms with E-state index < -0.39 is 5.54 Å². The Kier molecular flexibility index (Phi) is 4.01. The van der Waals surface area contributed by atoms with E-state index in [0.717, 1.165) is 30.0 Å². The fourth-order valence-electron chi connectivity index (χ4n) is 2.26. The van der Waals surface area contributed by atoms with Crippen molar-refractivity contribution in [3.8, 4) is 0 Å². The first-order valence-corrected chi connectivity index (χ1v) is 7.24. The van der Waals surface area contributed by atoms with Crippen molar-refractivity contribution >= 4 is 29.2 Å². The minimum absolute atomic E-state index is 0.248. The molecule has 0 saturated heterocycles. The van der Waals surface area contributed by atoms with E-state index in [9.17, 15) is 4.79 Å². The van der Waals surface area contributed by atoms with Gasteiger partial charge in [-0.05, 0) is 44.3 Å². The Labute approximate surface area is 109 Å². The molecular formula is C10H16N4OS2. The van der Waals surface area contributed by atoms with Crippen LogP contribution < -0.4 is 11.1 Å². The minimum Gasteiger partial charge on any atom is -0.368 e. The number of nitrogens with two attached hydrogens (primary N) is 1. The smallest absolute Gasteiger partial charge is 0.237 e. The molecule has 0 spiro atoms. The number of nitrogens with zero attached hydrogens (tertiary/aromatic N) is 2. The second-order valence-corrected chi connectivity index (χ2v) is 6.57. The van der Waals surface area contributed by atoms with Crippen molar-refractivity contribution in [2.24, 2.45) is 5.73 Å². The first kappa shape index (κ1) is 12.8. The van der Waals surface area contributed by atoms with Crippen LogP contribution in [0.5, 0.6) is 0 Å². The van der Waals surface area contributed by atoms with Gasteiger partial charge < -0.3 is 11.1 Å². The molecule has 0 radical (unpaired) electrons. The molecule has 0 aliphatic heterocycles. The Morgan fingerprint density at radius 1 is 1.76 bits per heavy atom. The Hall–Kier alpha value is -0.660. The molecule has 94 valence electrons. The molecule has 0 bridgehead atoms. The fourth-order valence-corrected chi connectivity index (χ4v) is 4.29. The molecule has 1 aromatic rings. The second kappa shape index (κ2) is 5.32. The lowest BCUT2D eigenvalue weighted by molar-refractivity contribution is -0.125. The Morgan fingerprint density at radius 2 is 2.59 bits per heavy atom. The molecule has 2 atom stereocenters. The molecule has 2 rings (SSSR count). The van der Waals surface area contributed by atoms with E-state index in [0.29, 0.717) is 5.25 Å². The number of amides is 1. The monoisotopic (exact) mass is 272 g/mol. The maximum atomic E-state index is 11.6. The van der Waals surface area contributed by atoms with Crippen molar-refractivity contribution in [2.45, 2.75) is 40.8 Å². The number of hydrogen-bond acceptors (Lipinski definition) is 6. The Morgan fingerprint density at radius 3 is 3.18 bits per heavy atom. The molecule has 17 heavy (non-hydrogen) atoms. The number of hydrogen-bond donors (Lipinski definition) is 2. The summed E-state index contributed by atoms with van der Waals surface area (Å²) in [6, 6.07) is 0. The van der Waals surface area contributed by atoms with E-state index in [-0.39, 0.29) is 5.91 Å². The van der Waals surface area contributed by atoms with E-state index in [2.05, 4.69) is 14.7 Å². The van der Waals surface area contributed by atoms with Crippen LogP contribution in [0, 0.1) is 0 Å². The van der Waals surface area contributed by atoms with Gasteiger partial charge in [-0.2, -0.15) is 4.37 Å². The van der Waals surface area contributed by atoms with Crippen molar-refractivity contribution in [1.29, 1.82) is 0 Å². The zero-order valence-corrected chi connectivity index (χ0v) is 11.3.